The van der Waals surface area contributed by atoms with Gasteiger partial charge < -0.3 is 4.52 Å². The molecule has 3 heterocycles. The van der Waals surface area contributed by atoms with Crippen molar-refractivity contribution in [3.8, 4) is 0 Å². The molecule has 1 saturated heterocycles. The van der Waals surface area contributed by atoms with Crippen LogP contribution in [0.25, 0.3) is 0 Å². The van der Waals surface area contributed by atoms with Gasteiger partial charge in [0.05, 0.1) is 12.5 Å². The average molecular weight is 302 g/mol. The van der Waals surface area contributed by atoms with Gasteiger partial charge in [-0.15, -0.1) is 0 Å². The third kappa shape index (κ3) is 3.27. The van der Waals surface area contributed by atoms with Gasteiger partial charge in [-0.1, -0.05) is 5.16 Å². The summed E-state index contributed by atoms with van der Waals surface area (Å²) in [6.45, 7) is 7.52. The van der Waals surface area contributed by atoms with E-state index in [4.69, 9.17) is 4.52 Å². The predicted octanol–water partition coefficient (Wildman–Crippen LogP) is 1.76. The van der Waals surface area contributed by atoms with E-state index in [0.717, 1.165) is 50.3 Å². The van der Waals surface area contributed by atoms with Gasteiger partial charge in [0, 0.05) is 30.4 Å². The van der Waals surface area contributed by atoms with Crippen molar-refractivity contribution in [3.05, 3.63) is 46.0 Å². The number of hydrogen-bond acceptors (Lipinski definition) is 5. The molecule has 0 spiro atoms. The van der Waals surface area contributed by atoms with Crippen LogP contribution >= 0.6 is 0 Å². The van der Waals surface area contributed by atoms with E-state index in [1.54, 1.807) is 23.3 Å². The maximum atomic E-state index is 12.1. The third-order valence-corrected chi connectivity index (χ3v) is 4.48. The molecule has 0 aromatic carbocycles. The molecule has 6 heteroatoms. The molecule has 0 aliphatic carbocycles. The molecule has 0 bridgehead atoms. The normalized spacial score (nSPS) is 17.0. The molecule has 22 heavy (non-hydrogen) atoms. The van der Waals surface area contributed by atoms with Gasteiger partial charge in [0.15, 0.2) is 0 Å². The summed E-state index contributed by atoms with van der Waals surface area (Å²) >= 11 is 0. The molecule has 0 atom stereocenters. The molecule has 2 aromatic rings. The van der Waals surface area contributed by atoms with Crippen LogP contribution in [0.3, 0.4) is 0 Å². The first-order valence-corrected chi connectivity index (χ1v) is 7.77. The number of aromatic nitrogens is 3. The van der Waals surface area contributed by atoms with E-state index < -0.39 is 0 Å². The van der Waals surface area contributed by atoms with Crippen LogP contribution in [0.15, 0.2) is 28.0 Å². The van der Waals surface area contributed by atoms with Crippen LogP contribution in [0, 0.1) is 19.8 Å². The lowest BCUT2D eigenvalue weighted by molar-refractivity contribution is 0.165. The van der Waals surface area contributed by atoms with E-state index in [9.17, 15) is 4.79 Å². The zero-order chi connectivity index (χ0) is 15.5. The second-order valence-corrected chi connectivity index (χ2v) is 6.16. The summed E-state index contributed by atoms with van der Waals surface area (Å²) in [7, 11) is 0. The zero-order valence-corrected chi connectivity index (χ0v) is 13.2. The summed E-state index contributed by atoms with van der Waals surface area (Å²) in [4.78, 5) is 18.6. The van der Waals surface area contributed by atoms with E-state index in [1.165, 1.54) is 0 Å². The molecule has 1 fully saturated rings. The molecule has 0 unspecified atom stereocenters. The Hall–Kier alpha value is -1.95. The van der Waals surface area contributed by atoms with Crippen LogP contribution < -0.4 is 5.56 Å². The molecule has 1 aliphatic rings. The van der Waals surface area contributed by atoms with Gasteiger partial charge in [-0.3, -0.25) is 14.3 Å². The van der Waals surface area contributed by atoms with Crippen molar-refractivity contribution in [1.29, 1.82) is 0 Å². The number of likely N-dealkylation sites (tertiary alicyclic amines) is 1. The average Bonchev–Trinajstić information content (AvgIpc) is 2.91. The van der Waals surface area contributed by atoms with Crippen LogP contribution in [-0.2, 0) is 13.1 Å². The van der Waals surface area contributed by atoms with Crippen LogP contribution in [0.2, 0.25) is 0 Å². The number of aryl methyl sites for hydroxylation is 2. The molecule has 0 saturated carbocycles. The van der Waals surface area contributed by atoms with E-state index >= 15 is 0 Å². The number of hydrogen-bond donors (Lipinski definition) is 0. The Morgan fingerprint density at radius 3 is 2.73 bits per heavy atom. The first-order chi connectivity index (χ1) is 10.6. The molecular weight excluding hydrogens is 280 g/mol. The monoisotopic (exact) mass is 302 g/mol. The fraction of sp³-hybridized carbons (Fsp3) is 0.562. The lowest BCUT2D eigenvalue weighted by Gasteiger charge is -2.31. The van der Waals surface area contributed by atoms with Crippen LogP contribution in [0.1, 0.15) is 29.7 Å². The Labute approximate surface area is 129 Å². The first-order valence-electron chi connectivity index (χ1n) is 7.77. The highest BCUT2D eigenvalue weighted by Crippen LogP contribution is 2.21. The second kappa shape index (κ2) is 6.44. The van der Waals surface area contributed by atoms with Gasteiger partial charge in [0.25, 0.3) is 5.56 Å². The maximum Gasteiger partial charge on any atom is 0.256 e. The van der Waals surface area contributed by atoms with E-state index in [1.807, 2.05) is 13.8 Å². The molecule has 1 aliphatic heterocycles. The largest absolute Gasteiger partial charge is 0.361 e. The van der Waals surface area contributed by atoms with Crippen molar-refractivity contribution >= 4 is 0 Å². The SMILES string of the molecule is Cc1oncc1CN1CCC(Cn2cncc(C)c2=O)CC1. The molecule has 6 nitrogen and oxygen atoms in total. The zero-order valence-electron chi connectivity index (χ0n) is 13.2. The molecule has 2 aromatic heterocycles. The van der Waals surface area contributed by atoms with Crippen molar-refractivity contribution in [2.45, 2.75) is 39.8 Å². The number of nitrogens with zero attached hydrogens (tertiary/aromatic N) is 4. The predicted molar refractivity (Wildman–Crippen MR) is 82.5 cm³/mol. The molecular formula is C16H22N4O2. The van der Waals surface area contributed by atoms with Crippen molar-refractivity contribution in [2.24, 2.45) is 5.92 Å². The Balaban J connectivity index is 1.55. The minimum Gasteiger partial charge on any atom is -0.361 e. The summed E-state index contributed by atoms with van der Waals surface area (Å²) in [5, 5.41) is 3.83. The Bertz CT molecular complexity index is 683. The highest BCUT2D eigenvalue weighted by atomic mass is 16.5. The highest BCUT2D eigenvalue weighted by molar-refractivity contribution is 5.11. The van der Waals surface area contributed by atoms with Gasteiger partial charge in [-0.05, 0) is 45.7 Å². The van der Waals surface area contributed by atoms with Gasteiger partial charge >= 0.3 is 0 Å². The fourth-order valence-electron chi connectivity index (χ4n) is 3.01. The minimum atomic E-state index is 0.0810. The minimum absolute atomic E-state index is 0.0810. The van der Waals surface area contributed by atoms with Crippen molar-refractivity contribution in [3.63, 3.8) is 0 Å². The number of rotatable bonds is 4. The standard InChI is InChI=1S/C16H22N4O2/c1-12-7-17-11-20(16(12)21)9-14-3-5-19(6-4-14)10-15-8-18-22-13(15)2/h7-8,11,14H,3-6,9-10H2,1-2H3. The summed E-state index contributed by atoms with van der Waals surface area (Å²) < 4.78 is 6.86. The number of piperidine rings is 1. The summed E-state index contributed by atoms with van der Waals surface area (Å²) in [5.74, 6) is 1.45. The highest BCUT2D eigenvalue weighted by Gasteiger charge is 2.21. The summed E-state index contributed by atoms with van der Waals surface area (Å²) in [6.07, 6.45) is 7.29. The van der Waals surface area contributed by atoms with Gasteiger partial charge in [0.1, 0.15) is 5.76 Å². The van der Waals surface area contributed by atoms with Gasteiger partial charge in [0.2, 0.25) is 0 Å². The van der Waals surface area contributed by atoms with Crippen molar-refractivity contribution in [2.75, 3.05) is 13.1 Å². The van der Waals surface area contributed by atoms with Crippen LogP contribution in [0.5, 0.6) is 0 Å². The molecule has 0 radical (unpaired) electrons. The van der Waals surface area contributed by atoms with Gasteiger partial charge in [-0.25, -0.2) is 4.98 Å². The Morgan fingerprint density at radius 2 is 2.05 bits per heavy atom. The van der Waals surface area contributed by atoms with Crippen LogP contribution in [0.4, 0.5) is 0 Å². The molecule has 0 N–H and O–H groups in total. The van der Waals surface area contributed by atoms with Gasteiger partial charge in [-0.2, -0.15) is 0 Å². The molecule has 118 valence electrons. The van der Waals surface area contributed by atoms with Crippen LogP contribution in [-0.4, -0.2) is 32.7 Å². The second-order valence-electron chi connectivity index (χ2n) is 6.16. The lowest BCUT2D eigenvalue weighted by Crippen LogP contribution is -2.36. The summed E-state index contributed by atoms with van der Waals surface area (Å²) in [5.41, 5.74) is 1.96. The molecule has 0 amide bonds. The lowest BCUT2D eigenvalue weighted by atomic mass is 9.96. The third-order valence-electron chi connectivity index (χ3n) is 4.48. The van der Waals surface area contributed by atoms with Crippen molar-refractivity contribution in [1.82, 2.24) is 19.6 Å². The quantitative estimate of drug-likeness (QED) is 0.861. The first kappa shape index (κ1) is 15.0. The molecule has 3 rings (SSSR count). The Kier molecular flexibility index (Phi) is 4.38. The van der Waals surface area contributed by atoms with Crippen molar-refractivity contribution < 1.29 is 4.52 Å². The Morgan fingerprint density at radius 1 is 1.27 bits per heavy atom. The summed E-state index contributed by atoms with van der Waals surface area (Å²) in [6, 6.07) is 0. The van der Waals surface area contributed by atoms with E-state index in [0.29, 0.717) is 11.5 Å². The fourth-order valence-corrected chi connectivity index (χ4v) is 3.01. The van der Waals surface area contributed by atoms with E-state index in [2.05, 4.69) is 15.0 Å². The smallest absolute Gasteiger partial charge is 0.256 e. The van der Waals surface area contributed by atoms with E-state index in [-0.39, 0.29) is 5.56 Å². The maximum absolute atomic E-state index is 12.1. The topological polar surface area (TPSA) is 64.2 Å².